The Morgan fingerprint density at radius 3 is 2.58 bits per heavy atom. The topological polar surface area (TPSA) is 59.8 Å². The van der Waals surface area contributed by atoms with Crippen LogP contribution >= 0.6 is 0 Å². The van der Waals surface area contributed by atoms with Crippen LogP contribution in [0.2, 0.25) is 0 Å². The molecule has 1 aromatic heterocycles. The fourth-order valence-corrected chi connectivity index (χ4v) is 2.31. The van der Waals surface area contributed by atoms with Crippen molar-refractivity contribution in [2.45, 2.75) is 19.6 Å². The smallest absolute Gasteiger partial charge is 0.345 e. The lowest BCUT2D eigenvalue weighted by atomic mass is 10.1. The van der Waals surface area contributed by atoms with Crippen molar-refractivity contribution < 1.29 is 18.0 Å². The molecule has 0 radical (unpaired) electrons. The van der Waals surface area contributed by atoms with Crippen LogP contribution in [0.15, 0.2) is 54.9 Å². The first-order valence-corrected chi connectivity index (χ1v) is 7.76. The minimum absolute atomic E-state index is 0.0537. The van der Waals surface area contributed by atoms with Crippen molar-refractivity contribution in [1.82, 2.24) is 20.1 Å². The van der Waals surface area contributed by atoms with E-state index in [1.54, 1.807) is 0 Å². The van der Waals surface area contributed by atoms with Gasteiger partial charge in [0.15, 0.2) is 0 Å². The predicted octanol–water partition coefficient (Wildman–Crippen LogP) is 3.52. The molecule has 1 amide bonds. The fraction of sp³-hybridized carbons (Fsp3) is 0.167. The maximum atomic E-state index is 12.7. The van der Waals surface area contributed by atoms with Crippen molar-refractivity contribution in [1.29, 1.82) is 0 Å². The minimum atomic E-state index is -4.42. The first-order chi connectivity index (χ1) is 12.3. The Morgan fingerprint density at radius 2 is 1.88 bits per heavy atom. The number of amides is 1. The average Bonchev–Trinajstić information content (AvgIpc) is 3.10. The first kappa shape index (κ1) is 17.7. The number of carbonyl (C=O) groups is 1. The summed E-state index contributed by atoms with van der Waals surface area (Å²) in [6.45, 7) is 1.90. The van der Waals surface area contributed by atoms with E-state index in [2.05, 4.69) is 15.4 Å². The van der Waals surface area contributed by atoms with E-state index in [-0.39, 0.29) is 12.4 Å². The molecule has 2 aromatic carbocycles. The number of benzene rings is 2. The second-order valence-electron chi connectivity index (χ2n) is 5.73. The Hall–Kier alpha value is -3.16. The summed E-state index contributed by atoms with van der Waals surface area (Å²) in [6.07, 6.45) is -3.02. The van der Waals surface area contributed by atoms with Crippen LogP contribution in [-0.4, -0.2) is 20.7 Å². The van der Waals surface area contributed by atoms with Gasteiger partial charge in [0.1, 0.15) is 6.33 Å². The molecule has 1 heterocycles. The summed E-state index contributed by atoms with van der Waals surface area (Å²) >= 11 is 0. The molecule has 0 bridgehead atoms. The van der Waals surface area contributed by atoms with Gasteiger partial charge in [0.25, 0.3) is 5.91 Å². The molecule has 3 rings (SSSR count). The van der Waals surface area contributed by atoms with E-state index in [9.17, 15) is 18.0 Å². The zero-order valence-electron chi connectivity index (χ0n) is 13.8. The van der Waals surface area contributed by atoms with Gasteiger partial charge in [-0.1, -0.05) is 29.8 Å². The van der Waals surface area contributed by atoms with Gasteiger partial charge in [-0.2, -0.15) is 13.2 Å². The van der Waals surface area contributed by atoms with E-state index in [0.29, 0.717) is 5.56 Å². The SMILES string of the molecule is Cc1ccc(-n2cnc(C(=O)NCc3cccc(C(F)(F)F)c3)n2)cc1. The van der Waals surface area contributed by atoms with Crippen molar-refractivity contribution in [2.75, 3.05) is 0 Å². The molecule has 0 unspecified atom stereocenters. The van der Waals surface area contributed by atoms with Gasteiger partial charge >= 0.3 is 6.18 Å². The Morgan fingerprint density at radius 1 is 1.15 bits per heavy atom. The number of nitrogens with zero attached hydrogens (tertiary/aromatic N) is 3. The first-order valence-electron chi connectivity index (χ1n) is 7.76. The summed E-state index contributed by atoms with van der Waals surface area (Å²) in [7, 11) is 0. The van der Waals surface area contributed by atoms with E-state index in [1.165, 1.54) is 23.1 Å². The number of halogens is 3. The lowest BCUT2D eigenvalue weighted by Crippen LogP contribution is -2.24. The number of alkyl halides is 3. The molecule has 3 aromatic rings. The molecule has 26 heavy (non-hydrogen) atoms. The maximum Gasteiger partial charge on any atom is 0.416 e. The zero-order chi connectivity index (χ0) is 18.7. The highest BCUT2D eigenvalue weighted by Crippen LogP contribution is 2.29. The number of nitrogens with one attached hydrogen (secondary N) is 1. The normalized spacial score (nSPS) is 11.4. The van der Waals surface area contributed by atoms with Gasteiger partial charge in [0.2, 0.25) is 5.82 Å². The van der Waals surface area contributed by atoms with Crippen LogP contribution in [0.25, 0.3) is 5.69 Å². The average molecular weight is 360 g/mol. The van der Waals surface area contributed by atoms with Crippen LogP contribution in [0.4, 0.5) is 13.2 Å². The molecule has 0 saturated carbocycles. The maximum absolute atomic E-state index is 12.7. The third-order valence-electron chi connectivity index (χ3n) is 3.70. The summed E-state index contributed by atoms with van der Waals surface area (Å²) in [5, 5.41) is 6.62. The van der Waals surface area contributed by atoms with Crippen molar-refractivity contribution in [2.24, 2.45) is 0 Å². The summed E-state index contributed by atoms with van der Waals surface area (Å²) in [6, 6.07) is 12.3. The largest absolute Gasteiger partial charge is 0.416 e. The molecule has 134 valence electrons. The van der Waals surface area contributed by atoms with Gasteiger partial charge in [-0.3, -0.25) is 4.79 Å². The zero-order valence-corrected chi connectivity index (χ0v) is 13.8. The molecular weight excluding hydrogens is 345 g/mol. The number of aryl methyl sites for hydroxylation is 1. The molecule has 0 aliphatic carbocycles. The van der Waals surface area contributed by atoms with E-state index in [0.717, 1.165) is 23.4 Å². The number of rotatable bonds is 4. The highest BCUT2D eigenvalue weighted by molar-refractivity contribution is 5.90. The summed E-state index contributed by atoms with van der Waals surface area (Å²) in [5.41, 5.74) is 1.42. The Balaban J connectivity index is 1.67. The van der Waals surface area contributed by atoms with E-state index in [1.807, 2.05) is 31.2 Å². The lowest BCUT2D eigenvalue weighted by molar-refractivity contribution is -0.137. The molecule has 1 N–H and O–H groups in total. The molecule has 0 fully saturated rings. The number of hydrogen-bond donors (Lipinski definition) is 1. The third-order valence-corrected chi connectivity index (χ3v) is 3.70. The third kappa shape index (κ3) is 4.08. The van der Waals surface area contributed by atoms with Crippen molar-refractivity contribution in [3.63, 3.8) is 0 Å². The molecule has 0 aliphatic rings. The second-order valence-corrected chi connectivity index (χ2v) is 5.73. The van der Waals surface area contributed by atoms with E-state index in [4.69, 9.17) is 0 Å². The van der Waals surface area contributed by atoms with Crippen molar-refractivity contribution >= 4 is 5.91 Å². The number of carbonyl (C=O) groups excluding carboxylic acids is 1. The van der Waals surface area contributed by atoms with Crippen molar-refractivity contribution in [3.8, 4) is 5.69 Å². The molecular formula is C18H15F3N4O. The standard InChI is InChI=1S/C18H15F3N4O/c1-12-5-7-15(8-6-12)25-11-23-16(24-25)17(26)22-10-13-3-2-4-14(9-13)18(19,20)21/h2-9,11H,10H2,1H3,(H,22,26). The molecule has 0 spiro atoms. The minimum Gasteiger partial charge on any atom is -0.345 e. The predicted molar refractivity (Wildman–Crippen MR) is 88.7 cm³/mol. The van der Waals surface area contributed by atoms with Crippen molar-refractivity contribution in [3.05, 3.63) is 77.4 Å². The Kier molecular flexibility index (Phi) is 4.75. The molecule has 8 heteroatoms. The molecule has 0 aliphatic heterocycles. The fourth-order valence-electron chi connectivity index (χ4n) is 2.31. The highest BCUT2D eigenvalue weighted by Gasteiger charge is 2.30. The summed E-state index contributed by atoms with van der Waals surface area (Å²) in [5.74, 6) is -0.620. The van der Waals surface area contributed by atoms with Gasteiger partial charge < -0.3 is 5.32 Å². The quantitative estimate of drug-likeness (QED) is 0.774. The molecule has 0 atom stereocenters. The Labute approximate surface area is 147 Å². The van der Waals surface area contributed by atoms with Gasteiger partial charge in [0, 0.05) is 6.54 Å². The number of aromatic nitrogens is 3. The van der Waals surface area contributed by atoms with Gasteiger partial charge in [-0.05, 0) is 36.8 Å². The second kappa shape index (κ2) is 6.99. The van der Waals surface area contributed by atoms with Gasteiger partial charge in [0.05, 0.1) is 11.3 Å². The monoisotopic (exact) mass is 360 g/mol. The molecule has 0 saturated heterocycles. The van der Waals surface area contributed by atoms with Crippen LogP contribution in [0.5, 0.6) is 0 Å². The highest BCUT2D eigenvalue weighted by atomic mass is 19.4. The van der Waals surface area contributed by atoms with Crippen LogP contribution in [-0.2, 0) is 12.7 Å². The summed E-state index contributed by atoms with van der Waals surface area (Å²) in [4.78, 5) is 16.1. The van der Waals surface area contributed by atoms with Crippen LogP contribution < -0.4 is 5.32 Å². The lowest BCUT2D eigenvalue weighted by Gasteiger charge is -2.09. The number of hydrogen-bond acceptors (Lipinski definition) is 3. The van der Waals surface area contributed by atoms with Gasteiger partial charge in [-0.25, -0.2) is 9.67 Å². The van der Waals surface area contributed by atoms with Crippen LogP contribution in [0, 0.1) is 6.92 Å². The molecule has 5 nitrogen and oxygen atoms in total. The van der Waals surface area contributed by atoms with Crippen LogP contribution in [0.3, 0.4) is 0 Å². The van der Waals surface area contributed by atoms with E-state index < -0.39 is 17.6 Å². The van der Waals surface area contributed by atoms with E-state index >= 15 is 0 Å². The van der Waals surface area contributed by atoms with Gasteiger partial charge in [-0.15, -0.1) is 5.10 Å². The summed E-state index contributed by atoms with van der Waals surface area (Å²) < 4.78 is 39.6. The van der Waals surface area contributed by atoms with Crippen LogP contribution in [0.1, 0.15) is 27.3 Å². The Bertz CT molecular complexity index is 917.